The summed E-state index contributed by atoms with van der Waals surface area (Å²) in [6.45, 7) is 11.0. The zero-order chi connectivity index (χ0) is 8.15. The predicted octanol–water partition coefficient (Wildman–Crippen LogP) is 1.96. The third-order valence-corrected chi connectivity index (χ3v) is 1.35. The van der Waals surface area contributed by atoms with Crippen LogP contribution in [0.4, 0.5) is 0 Å². The average Bonchev–Trinajstić information content (AvgIpc) is 1.87. The lowest BCUT2D eigenvalue weighted by Gasteiger charge is -2.14. The van der Waals surface area contributed by atoms with Crippen molar-refractivity contribution in [3.05, 3.63) is 24.6 Å². The molecule has 0 aromatic rings. The fraction of sp³-hybridized carbons (Fsp3) is 0.500. The third-order valence-electron chi connectivity index (χ3n) is 1.35. The van der Waals surface area contributed by atoms with Gasteiger partial charge in [-0.1, -0.05) is 20.1 Å². The van der Waals surface area contributed by atoms with E-state index in [-0.39, 0.29) is 11.8 Å². The molecule has 0 aromatic heterocycles. The van der Waals surface area contributed by atoms with Crippen LogP contribution in [0.5, 0.6) is 0 Å². The molecule has 0 saturated heterocycles. The lowest BCUT2D eigenvalue weighted by atomic mass is 10.2. The molecule has 0 rings (SSSR count). The van der Waals surface area contributed by atoms with E-state index in [1.165, 1.54) is 0 Å². The number of hydrogen-bond donors (Lipinski definition) is 2. The fourth-order valence-corrected chi connectivity index (χ4v) is 0.492. The summed E-state index contributed by atoms with van der Waals surface area (Å²) in [5, 5.41) is 11.9. The molecule has 2 nitrogen and oxygen atoms in total. The molecule has 2 heteroatoms. The first-order valence-electron chi connectivity index (χ1n) is 3.40. The second kappa shape index (κ2) is 3.99. The minimum absolute atomic E-state index is 0.0903. The fourth-order valence-electron chi connectivity index (χ4n) is 0.492. The Morgan fingerprint density at radius 1 is 1.60 bits per heavy atom. The summed E-state index contributed by atoms with van der Waals surface area (Å²) in [6, 6.07) is -0.0903. The van der Waals surface area contributed by atoms with Crippen LogP contribution in [0.2, 0.25) is 0 Å². The monoisotopic (exact) mass is 141 g/mol. The van der Waals surface area contributed by atoms with Gasteiger partial charge in [-0.15, -0.1) is 0 Å². The maximum Gasteiger partial charge on any atom is 0.107 e. The van der Waals surface area contributed by atoms with Gasteiger partial charge in [0.2, 0.25) is 0 Å². The maximum atomic E-state index is 8.87. The lowest BCUT2D eigenvalue weighted by molar-refractivity contribution is 0.360. The van der Waals surface area contributed by atoms with Crippen molar-refractivity contribution < 1.29 is 5.11 Å². The average molecular weight is 141 g/mol. The normalized spacial score (nSPS) is 12.2. The summed E-state index contributed by atoms with van der Waals surface area (Å²) in [4.78, 5) is 0. The van der Waals surface area contributed by atoms with Crippen molar-refractivity contribution >= 4 is 0 Å². The Bertz CT molecular complexity index is 140. The molecule has 0 spiro atoms. The summed E-state index contributed by atoms with van der Waals surface area (Å²) in [5.41, 5.74) is 0.919. The summed E-state index contributed by atoms with van der Waals surface area (Å²) < 4.78 is 0. The highest BCUT2D eigenvalue weighted by atomic mass is 16.3. The van der Waals surface area contributed by atoms with Gasteiger partial charge in [-0.2, -0.15) is 0 Å². The van der Waals surface area contributed by atoms with Crippen molar-refractivity contribution in [2.75, 3.05) is 0 Å². The van der Waals surface area contributed by atoms with Crippen molar-refractivity contribution in [1.82, 2.24) is 5.32 Å². The van der Waals surface area contributed by atoms with Gasteiger partial charge in [0.15, 0.2) is 0 Å². The highest BCUT2D eigenvalue weighted by molar-refractivity contribution is 5.00. The van der Waals surface area contributed by atoms with Crippen LogP contribution in [0, 0.1) is 0 Å². The second-order valence-electron chi connectivity index (χ2n) is 2.31. The topological polar surface area (TPSA) is 32.3 Å². The highest BCUT2D eigenvalue weighted by Gasteiger charge is 2.02. The molecular formula is C8H15NO. The molecular weight excluding hydrogens is 126 g/mol. The molecule has 58 valence electrons. The van der Waals surface area contributed by atoms with Crippen molar-refractivity contribution in [3.8, 4) is 0 Å². The number of aliphatic hydroxyl groups is 1. The van der Waals surface area contributed by atoms with Crippen LogP contribution in [0.15, 0.2) is 24.6 Å². The highest BCUT2D eigenvalue weighted by Crippen LogP contribution is 1.98. The van der Waals surface area contributed by atoms with Gasteiger partial charge in [-0.05, 0) is 13.3 Å². The molecule has 0 heterocycles. The molecule has 0 aliphatic carbocycles. The van der Waals surface area contributed by atoms with Crippen LogP contribution in [-0.2, 0) is 0 Å². The molecule has 1 atom stereocenters. The Hall–Kier alpha value is -0.920. The molecule has 0 aromatic carbocycles. The number of aliphatic hydroxyl groups excluding tert-OH is 1. The minimum Gasteiger partial charge on any atom is -0.511 e. The SMILES string of the molecule is C=C(CC)N[C@@H](C)C(=C)O. The van der Waals surface area contributed by atoms with Crippen LogP contribution >= 0.6 is 0 Å². The largest absolute Gasteiger partial charge is 0.511 e. The predicted molar refractivity (Wildman–Crippen MR) is 43.8 cm³/mol. The number of allylic oxidation sites excluding steroid dienone is 1. The molecule has 0 radical (unpaired) electrons. The first kappa shape index (κ1) is 9.08. The van der Waals surface area contributed by atoms with E-state index < -0.39 is 0 Å². The molecule has 0 aliphatic rings. The van der Waals surface area contributed by atoms with Crippen LogP contribution in [0.3, 0.4) is 0 Å². The van der Waals surface area contributed by atoms with E-state index in [2.05, 4.69) is 18.5 Å². The standard InChI is InChI=1S/C8H15NO/c1-5-6(2)9-7(3)8(4)10/h7,9-10H,2,4-5H2,1,3H3/t7-/m0/s1. The van der Waals surface area contributed by atoms with Gasteiger partial charge in [0.25, 0.3) is 0 Å². The van der Waals surface area contributed by atoms with E-state index in [4.69, 9.17) is 5.11 Å². The quantitative estimate of drug-likeness (QED) is 0.586. The summed E-state index contributed by atoms with van der Waals surface area (Å²) in [7, 11) is 0. The first-order chi connectivity index (χ1) is 4.57. The second-order valence-corrected chi connectivity index (χ2v) is 2.31. The van der Waals surface area contributed by atoms with Gasteiger partial charge in [-0.3, -0.25) is 0 Å². The Balaban J connectivity index is 3.68. The molecule has 0 bridgehead atoms. The zero-order valence-electron chi connectivity index (χ0n) is 6.65. The number of rotatable bonds is 4. The van der Waals surface area contributed by atoms with Gasteiger partial charge in [0.1, 0.15) is 5.76 Å². The Labute approximate surface area is 62.3 Å². The van der Waals surface area contributed by atoms with Gasteiger partial charge in [0, 0.05) is 5.70 Å². The van der Waals surface area contributed by atoms with Crippen molar-refractivity contribution in [3.63, 3.8) is 0 Å². The van der Waals surface area contributed by atoms with Gasteiger partial charge < -0.3 is 10.4 Å². The van der Waals surface area contributed by atoms with Gasteiger partial charge in [0.05, 0.1) is 6.04 Å². The van der Waals surface area contributed by atoms with Crippen LogP contribution in [0.25, 0.3) is 0 Å². The minimum atomic E-state index is -0.0903. The maximum absolute atomic E-state index is 8.87. The van der Waals surface area contributed by atoms with Crippen LogP contribution in [-0.4, -0.2) is 11.1 Å². The molecule has 0 amide bonds. The van der Waals surface area contributed by atoms with E-state index in [1.54, 1.807) is 0 Å². The van der Waals surface area contributed by atoms with E-state index in [0.717, 1.165) is 12.1 Å². The number of hydrogen-bond acceptors (Lipinski definition) is 2. The number of nitrogens with one attached hydrogen (secondary N) is 1. The van der Waals surface area contributed by atoms with Crippen LogP contribution in [0.1, 0.15) is 20.3 Å². The lowest BCUT2D eigenvalue weighted by Crippen LogP contribution is -2.25. The Morgan fingerprint density at radius 3 is 2.40 bits per heavy atom. The van der Waals surface area contributed by atoms with Gasteiger partial charge >= 0.3 is 0 Å². The van der Waals surface area contributed by atoms with E-state index in [1.807, 2.05) is 13.8 Å². The van der Waals surface area contributed by atoms with E-state index in [9.17, 15) is 0 Å². The summed E-state index contributed by atoms with van der Waals surface area (Å²) >= 11 is 0. The molecule has 2 N–H and O–H groups in total. The molecule has 0 unspecified atom stereocenters. The van der Waals surface area contributed by atoms with Crippen molar-refractivity contribution in [1.29, 1.82) is 0 Å². The summed E-state index contributed by atoms with van der Waals surface area (Å²) in [5.74, 6) is 0.148. The van der Waals surface area contributed by atoms with Gasteiger partial charge in [-0.25, -0.2) is 0 Å². The Kier molecular flexibility index (Phi) is 3.62. The van der Waals surface area contributed by atoms with Crippen molar-refractivity contribution in [2.45, 2.75) is 26.3 Å². The Morgan fingerprint density at radius 2 is 2.10 bits per heavy atom. The molecule has 0 aliphatic heterocycles. The molecule has 0 saturated carbocycles. The van der Waals surface area contributed by atoms with E-state index >= 15 is 0 Å². The smallest absolute Gasteiger partial charge is 0.107 e. The third kappa shape index (κ3) is 3.17. The first-order valence-corrected chi connectivity index (χ1v) is 3.40. The molecule has 10 heavy (non-hydrogen) atoms. The van der Waals surface area contributed by atoms with E-state index in [0.29, 0.717) is 0 Å². The molecule has 0 fully saturated rings. The van der Waals surface area contributed by atoms with Crippen molar-refractivity contribution in [2.24, 2.45) is 0 Å². The summed E-state index contributed by atoms with van der Waals surface area (Å²) in [6.07, 6.45) is 0.873. The van der Waals surface area contributed by atoms with Crippen LogP contribution < -0.4 is 5.32 Å². The zero-order valence-corrected chi connectivity index (χ0v) is 6.65.